The quantitative estimate of drug-likeness (QED) is 0.503. The van der Waals surface area contributed by atoms with Crippen molar-refractivity contribution in [2.45, 2.75) is 25.7 Å². The molecule has 0 atom stereocenters. The molecule has 0 bridgehead atoms. The molecule has 2 N–H and O–H groups in total. The highest BCUT2D eigenvalue weighted by molar-refractivity contribution is 7.92. The summed E-state index contributed by atoms with van der Waals surface area (Å²) < 4.78 is 42.5. The van der Waals surface area contributed by atoms with Crippen LogP contribution in [0.4, 0.5) is 11.5 Å². The average Bonchev–Trinajstić information content (AvgIpc) is 3.08. The third-order valence-electron chi connectivity index (χ3n) is 4.59. The lowest BCUT2D eigenvalue weighted by molar-refractivity contribution is 0.579. The van der Waals surface area contributed by atoms with Gasteiger partial charge in [0, 0.05) is 24.1 Å². The lowest BCUT2D eigenvalue weighted by atomic mass is 10.3. The van der Waals surface area contributed by atoms with Crippen molar-refractivity contribution < 1.29 is 13.0 Å². The summed E-state index contributed by atoms with van der Waals surface area (Å²) in [5.41, 5.74) is 2.09. The van der Waals surface area contributed by atoms with Crippen LogP contribution in [0, 0.1) is 6.92 Å². The first kappa shape index (κ1) is 21.1. The maximum Gasteiger partial charge on any atom is 0.263 e. The van der Waals surface area contributed by atoms with Crippen LogP contribution < -0.4 is 9.81 Å². The van der Waals surface area contributed by atoms with Crippen LogP contribution in [0.2, 0.25) is 0 Å². The Hall–Kier alpha value is -2.57. The second kappa shape index (κ2) is 8.43. The van der Waals surface area contributed by atoms with E-state index in [0.29, 0.717) is 29.5 Å². The molecule has 0 radical (unpaired) electrons. The molecule has 0 amide bonds. The van der Waals surface area contributed by atoms with Gasteiger partial charge in [0.05, 0.1) is 16.3 Å². The van der Waals surface area contributed by atoms with Gasteiger partial charge in [-0.3, -0.25) is 4.72 Å². The number of nitrogens with zero attached hydrogens (tertiary/aromatic N) is 2. The first-order valence-corrected chi connectivity index (χ1v) is 12.9. The standard InChI is InChI=1S/C20H25N4O3PS/c1-4-28(25,5-2)22-17-11-13-19(14-12-17)29(26,27)23-20-15-16(3)21-24(20)18-9-7-6-8-10-18/h6-15,23H,4-5H2,1-3H3,(H,22,25). The molecule has 0 spiro atoms. The van der Waals surface area contributed by atoms with Gasteiger partial charge in [0.15, 0.2) is 7.29 Å². The van der Waals surface area contributed by atoms with E-state index >= 15 is 0 Å². The number of aromatic nitrogens is 2. The molecule has 9 heteroatoms. The fourth-order valence-electron chi connectivity index (χ4n) is 2.86. The van der Waals surface area contributed by atoms with Gasteiger partial charge in [-0.05, 0) is 43.3 Å². The van der Waals surface area contributed by atoms with Gasteiger partial charge in [0.25, 0.3) is 10.0 Å². The highest BCUT2D eigenvalue weighted by Crippen LogP contribution is 2.44. The van der Waals surface area contributed by atoms with Gasteiger partial charge in [-0.2, -0.15) is 5.10 Å². The molecular formula is C20H25N4O3PS. The number of sulfonamides is 1. The van der Waals surface area contributed by atoms with Crippen LogP contribution >= 0.6 is 7.29 Å². The van der Waals surface area contributed by atoms with E-state index in [0.717, 1.165) is 5.69 Å². The fourth-order valence-corrected chi connectivity index (χ4v) is 5.28. The van der Waals surface area contributed by atoms with Crippen molar-refractivity contribution in [3.63, 3.8) is 0 Å². The van der Waals surface area contributed by atoms with Crippen molar-refractivity contribution in [1.29, 1.82) is 0 Å². The summed E-state index contributed by atoms with van der Waals surface area (Å²) in [5, 5.41) is 7.42. The molecule has 0 fully saturated rings. The number of hydrogen-bond donors (Lipinski definition) is 2. The molecule has 1 heterocycles. The Labute approximate surface area is 171 Å². The summed E-state index contributed by atoms with van der Waals surface area (Å²) >= 11 is 0. The van der Waals surface area contributed by atoms with Crippen LogP contribution in [0.5, 0.6) is 0 Å². The summed E-state index contributed by atoms with van der Waals surface area (Å²) in [5.74, 6) is 0.359. The van der Waals surface area contributed by atoms with E-state index < -0.39 is 17.3 Å². The monoisotopic (exact) mass is 432 g/mol. The molecule has 29 heavy (non-hydrogen) atoms. The molecule has 154 valence electrons. The Morgan fingerprint density at radius 1 is 1.00 bits per heavy atom. The SMILES string of the molecule is CCP(=O)(CC)Nc1ccc(S(=O)(=O)Nc2cc(C)nn2-c2ccccc2)cc1. The topological polar surface area (TPSA) is 93.1 Å². The van der Waals surface area contributed by atoms with E-state index in [4.69, 9.17) is 0 Å². The maximum absolute atomic E-state index is 12.9. The molecule has 3 rings (SSSR count). The van der Waals surface area contributed by atoms with Crippen molar-refractivity contribution in [3.8, 4) is 5.69 Å². The molecule has 7 nitrogen and oxygen atoms in total. The number of hydrogen-bond acceptors (Lipinski definition) is 4. The molecule has 2 aromatic carbocycles. The Kier molecular flexibility index (Phi) is 6.15. The lowest BCUT2D eigenvalue weighted by Crippen LogP contribution is -2.16. The third-order valence-corrected chi connectivity index (χ3v) is 8.67. The minimum absolute atomic E-state index is 0.115. The molecule has 1 aromatic heterocycles. The lowest BCUT2D eigenvalue weighted by Gasteiger charge is -2.17. The summed E-state index contributed by atoms with van der Waals surface area (Å²) in [4.78, 5) is 0.115. The molecule has 0 saturated carbocycles. The Bertz CT molecular complexity index is 1120. The van der Waals surface area contributed by atoms with Crippen LogP contribution in [0.1, 0.15) is 19.5 Å². The molecule has 0 unspecified atom stereocenters. The molecule has 3 aromatic rings. The van der Waals surface area contributed by atoms with E-state index in [1.165, 1.54) is 12.1 Å². The van der Waals surface area contributed by atoms with E-state index in [2.05, 4.69) is 14.9 Å². The predicted molar refractivity (Wildman–Crippen MR) is 118 cm³/mol. The zero-order valence-corrected chi connectivity index (χ0v) is 18.4. The maximum atomic E-state index is 12.9. The van der Waals surface area contributed by atoms with Crippen LogP contribution in [-0.4, -0.2) is 30.5 Å². The van der Waals surface area contributed by atoms with Crippen molar-refractivity contribution in [2.24, 2.45) is 0 Å². The molecule has 0 aliphatic rings. The predicted octanol–water partition coefficient (Wildman–Crippen LogP) is 4.71. The summed E-state index contributed by atoms with van der Waals surface area (Å²) in [6, 6.07) is 17.2. The largest absolute Gasteiger partial charge is 0.336 e. The third kappa shape index (κ3) is 4.89. The number of rotatable bonds is 8. The zero-order chi connectivity index (χ0) is 21.1. The molecule has 0 saturated heterocycles. The van der Waals surface area contributed by atoms with E-state index in [1.807, 2.05) is 44.2 Å². The highest BCUT2D eigenvalue weighted by atomic mass is 32.2. The van der Waals surface area contributed by atoms with Crippen LogP contribution in [-0.2, 0) is 14.6 Å². The first-order valence-electron chi connectivity index (χ1n) is 9.37. The van der Waals surface area contributed by atoms with Gasteiger partial charge in [0.1, 0.15) is 5.82 Å². The average molecular weight is 432 g/mol. The minimum atomic E-state index is -3.81. The van der Waals surface area contributed by atoms with Gasteiger partial charge in [-0.15, -0.1) is 0 Å². The summed E-state index contributed by atoms with van der Waals surface area (Å²) in [7, 11) is -6.29. The molecular weight excluding hydrogens is 407 g/mol. The summed E-state index contributed by atoms with van der Waals surface area (Å²) in [6.45, 7) is 5.55. The number of nitrogens with one attached hydrogen (secondary N) is 2. The number of aryl methyl sites for hydroxylation is 1. The minimum Gasteiger partial charge on any atom is -0.336 e. The van der Waals surface area contributed by atoms with Gasteiger partial charge >= 0.3 is 0 Å². The van der Waals surface area contributed by atoms with E-state index in [1.54, 1.807) is 29.8 Å². The van der Waals surface area contributed by atoms with E-state index in [-0.39, 0.29) is 4.90 Å². The van der Waals surface area contributed by atoms with Gasteiger partial charge < -0.3 is 9.65 Å². The smallest absolute Gasteiger partial charge is 0.263 e. The number of para-hydroxylation sites is 1. The number of anilines is 2. The molecule has 0 aliphatic carbocycles. The second-order valence-electron chi connectivity index (χ2n) is 6.68. The fraction of sp³-hybridized carbons (Fsp3) is 0.250. The molecule has 0 aliphatic heterocycles. The van der Waals surface area contributed by atoms with Gasteiger partial charge in [0.2, 0.25) is 0 Å². The van der Waals surface area contributed by atoms with Crippen molar-refractivity contribution in [1.82, 2.24) is 9.78 Å². The Morgan fingerprint density at radius 3 is 2.21 bits per heavy atom. The zero-order valence-electron chi connectivity index (χ0n) is 16.7. The van der Waals surface area contributed by atoms with E-state index in [9.17, 15) is 13.0 Å². The second-order valence-corrected chi connectivity index (χ2v) is 11.6. The normalized spacial score (nSPS) is 12.0. The van der Waals surface area contributed by atoms with Crippen LogP contribution in [0.3, 0.4) is 0 Å². The van der Waals surface area contributed by atoms with Crippen molar-refractivity contribution in [3.05, 3.63) is 66.4 Å². The Balaban J connectivity index is 1.85. The van der Waals surface area contributed by atoms with Gasteiger partial charge in [-0.25, -0.2) is 13.1 Å². The first-order chi connectivity index (χ1) is 13.8. The van der Waals surface area contributed by atoms with Crippen LogP contribution in [0.15, 0.2) is 65.6 Å². The highest BCUT2D eigenvalue weighted by Gasteiger charge is 2.20. The van der Waals surface area contributed by atoms with Gasteiger partial charge in [-0.1, -0.05) is 32.0 Å². The van der Waals surface area contributed by atoms with Crippen molar-refractivity contribution in [2.75, 3.05) is 22.1 Å². The van der Waals surface area contributed by atoms with Crippen molar-refractivity contribution >= 4 is 28.8 Å². The van der Waals surface area contributed by atoms with Crippen LogP contribution in [0.25, 0.3) is 5.69 Å². The number of benzene rings is 2. The Morgan fingerprint density at radius 2 is 1.62 bits per heavy atom. The summed E-state index contributed by atoms with van der Waals surface area (Å²) in [6.07, 6.45) is 1.07.